The number of rotatable bonds is 4. The van der Waals surface area contributed by atoms with Gasteiger partial charge in [0.15, 0.2) is 0 Å². The van der Waals surface area contributed by atoms with Gasteiger partial charge in [0, 0.05) is 47.2 Å². The number of hydrogen-bond donors (Lipinski definition) is 0. The van der Waals surface area contributed by atoms with Crippen molar-refractivity contribution in [3.05, 3.63) is 38.0 Å². The van der Waals surface area contributed by atoms with Crippen LogP contribution in [0.3, 0.4) is 0 Å². The molecule has 6 heteroatoms. The van der Waals surface area contributed by atoms with Gasteiger partial charge in [0.2, 0.25) is 5.91 Å². The first-order chi connectivity index (χ1) is 11.1. The highest BCUT2D eigenvalue weighted by molar-refractivity contribution is 7.11. The van der Waals surface area contributed by atoms with E-state index in [1.165, 1.54) is 9.75 Å². The molecule has 2 aliphatic heterocycles. The van der Waals surface area contributed by atoms with Crippen LogP contribution in [0, 0.1) is 25.7 Å². The fourth-order valence-electron chi connectivity index (χ4n) is 3.77. The Kier molecular flexibility index (Phi) is 3.99. The maximum Gasteiger partial charge on any atom is 0.227 e. The molecule has 0 unspecified atom stereocenters. The normalized spacial score (nSPS) is 24.6. The van der Waals surface area contributed by atoms with E-state index in [0.29, 0.717) is 18.4 Å². The van der Waals surface area contributed by atoms with E-state index in [1.54, 1.807) is 11.3 Å². The maximum atomic E-state index is 12.7. The molecule has 2 atom stereocenters. The van der Waals surface area contributed by atoms with Gasteiger partial charge in [-0.1, -0.05) is 0 Å². The molecule has 2 aliphatic rings. The summed E-state index contributed by atoms with van der Waals surface area (Å²) in [7, 11) is 0. The van der Waals surface area contributed by atoms with E-state index in [-0.39, 0.29) is 5.92 Å². The Morgan fingerprint density at radius 2 is 2.09 bits per heavy atom. The minimum absolute atomic E-state index is 0.191. The van der Waals surface area contributed by atoms with Crippen molar-refractivity contribution in [3.63, 3.8) is 0 Å². The van der Waals surface area contributed by atoms with Crippen molar-refractivity contribution in [2.45, 2.75) is 26.9 Å². The van der Waals surface area contributed by atoms with Gasteiger partial charge in [-0.25, -0.2) is 4.98 Å². The van der Waals surface area contributed by atoms with Gasteiger partial charge in [-0.2, -0.15) is 0 Å². The Bertz CT molecular complexity index is 723. The van der Waals surface area contributed by atoms with Crippen LogP contribution >= 0.6 is 22.7 Å². The fourth-order valence-corrected chi connectivity index (χ4v) is 5.31. The Labute approximate surface area is 144 Å². The average molecular weight is 348 g/mol. The molecule has 0 aliphatic carbocycles. The van der Waals surface area contributed by atoms with E-state index < -0.39 is 0 Å². The number of nitrogens with zero attached hydrogens (tertiary/aromatic N) is 3. The van der Waals surface area contributed by atoms with Gasteiger partial charge in [0.25, 0.3) is 0 Å². The van der Waals surface area contributed by atoms with Crippen LogP contribution in [-0.2, 0) is 17.9 Å². The smallest absolute Gasteiger partial charge is 0.227 e. The zero-order valence-electron chi connectivity index (χ0n) is 13.5. The predicted octanol–water partition coefficient (Wildman–Crippen LogP) is 2.91. The van der Waals surface area contributed by atoms with Crippen LogP contribution in [0.5, 0.6) is 0 Å². The number of aryl methyl sites for hydroxylation is 2. The lowest BCUT2D eigenvalue weighted by Gasteiger charge is -2.20. The summed E-state index contributed by atoms with van der Waals surface area (Å²) in [6.45, 7) is 8.67. The summed E-state index contributed by atoms with van der Waals surface area (Å²) in [6, 6.07) is 4.40. The number of carbonyl (C=O) groups is 1. The summed E-state index contributed by atoms with van der Waals surface area (Å²) < 4.78 is 0. The summed E-state index contributed by atoms with van der Waals surface area (Å²) in [5, 5.41) is 3.14. The van der Waals surface area contributed by atoms with Crippen molar-refractivity contribution in [2.24, 2.45) is 11.8 Å². The van der Waals surface area contributed by atoms with Crippen molar-refractivity contribution >= 4 is 28.6 Å². The molecule has 1 amide bonds. The molecule has 4 rings (SSSR count). The van der Waals surface area contributed by atoms with Crippen molar-refractivity contribution in [3.8, 4) is 0 Å². The second-order valence-electron chi connectivity index (χ2n) is 6.65. The summed E-state index contributed by atoms with van der Waals surface area (Å²) in [4.78, 5) is 24.4. The Morgan fingerprint density at radius 1 is 1.22 bits per heavy atom. The third kappa shape index (κ3) is 3.07. The summed E-state index contributed by atoms with van der Waals surface area (Å²) in [6.07, 6.45) is 0. The first kappa shape index (κ1) is 15.3. The first-order valence-electron chi connectivity index (χ1n) is 8.06. The number of aromatic nitrogens is 1. The van der Waals surface area contributed by atoms with Gasteiger partial charge < -0.3 is 4.90 Å². The molecule has 2 aromatic heterocycles. The topological polar surface area (TPSA) is 36.4 Å². The van der Waals surface area contributed by atoms with Crippen LogP contribution in [-0.4, -0.2) is 40.3 Å². The summed E-state index contributed by atoms with van der Waals surface area (Å²) >= 11 is 3.52. The number of amides is 1. The highest BCUT2D eigenvalue weighted by Gasteiger charge is 2.46. The lowest BCUT2D eigenvalue weighted by Crippen LogP contribution is -2.32. The number of thiazole rings is 1. The Hall–Kier alpha value is -1.24. The van der Waals surface area contributed by atoms with Crippen molar-refractivity contribution in [2.75, 3.05) is 19.6 Å². The SMILES string of the molecule is Cc1ccc(CN2C[C@H]3CN(Cc4csc(C)n4)C(=O)[C@H]3C2)s1. The molecule has 4 heterocycles. The van der Waals surface area contributed by atoms with E-state index in [4.69, 9.17) is 0 Å². The minimum Gasteiger partial charge on any atom is -0.336 e. The van der Waals surface area contributed by atoms with Gasteiger partial charge in [0.1, 0.15) is 0 Å². The van der Waals surface area contributed by atoms with Crippen molar-refractivity contribution in [1.29, 1.82) is 0 Å². The highest BCUT2D eigenvalue weighted by Crippen LogP contribution is 2.34. The second kappa shape index (κ2) is 6.00. The van der Waals surface area contributed by atoms with Crippen molar-refractivity contribution < 1.29 is 4.79 Å². The van der Waals surface area contributed by atoms with Crippen LogP contribution in [0.4, 0.5) is 0 Å². The Balaban J connectivity index is 1.37. The number of fused-ring (bicyclic) bond motifs is 1. The van der Waals surface area contributed by atoms with Crippen LogP contribution in [0.25, 0.3) is 0 Å². The van der Waals surface area contributed by atoms with E-state index in [1.807, 2.05) is 23.2 Å². The largest absolute Gasteiger partial charge is 0.336 e. The zero-order chi connectivity index (χ0) is 16.0. The molecule has 0 bridgehead atoms. The van der Waals surface area contributed by atoms with Gasteiger partial charge >= 0.3 is 0 Å². The molecule has 122 valence electrons. The average Bonchev–Trinajstić information content (AvgIpc) is 3.23. The number of thiophene rings is 1. The van der Waals surface area contributed by atoms with Crippen LogP contribution < -0.4 is 0 Å². The van der Waals surface area contributed by atoms with E-state index in [2.05, 4.69) is 34.3 Å². The molecule has 23 heavy (non-hydrogen) atoms. The molecule has 4 nitrogen and oxygen atoms in total. The minimum atomic E-state index is 0.191. The third-order valence-corrected chi connectivity index (χ3v) is 6.60. The number of hydrogen-bond acceptors (Lipinski definition) is 5. The Morgan fingerprint density at radius 3 is 2.74 bits per heavy atom. The molecule has 0 spiro atoms. The van der Waals surface area contributed by atoms with E-state index >= 15 is 0 Å². The quantitative estimate of drug-likeness (QED) is 0.853. The molecular formula is C17H21N3OS2. The van der Waals surface area contributed by atoms with Gasteiger partial charge in [-0.15, -0.1) is 22.7 Å². The molecule has 0 aromatic carbocycles. The standard InChI is InChI=1S/C17H21N3OS2/c1-11-3-4-15(23-11)8-19-5-13-6-20(17(21)16(13)9-19)7-14-10-22-12(2)18-14/h3-4,10,13,16H,5-9H2,1-2H3/t13-,16-/m0/s1. The molecule has 2 saturated heterocycles. The lowest BCUT2D eigenvalue weighted by atomic mass is 10.0. The van der Waals surface area contributed by atoms with Gasteiger partial charge in [-0.05, 0) is 26.0 Å². The van der Waals surface area contributed by atoms with Crippen LogP contribution in [0.15, 0.2) is 17.5 Å². The predicted molar refractivity (Wildman–Crippen MR) is 93.6 cm³/mol. The lowest BCUT2D eigenvalue weighted by molar-refractivity contribution is -0.131. The summed E-state index contributed by atoms with van der Waals surface area (Å²) in [5.74, 6) is 1.00. The molecule has 2 fully saturated rings. The van der Waals surface area contributed by atoms with Crippen molar-refractivity contribution in [1.82, 2.24) is 14.8 Å². The zero-order valence-corrected chi connectivity index (χ0v) is 15.1. The number of carbonyl (C=O) groups excluding carboxylic acids is 1. The van der Waals surface area contributed by atoms with Gasteiger partial charge in [-0.3, -0.25) is 9.69 Å². The molecular weight excluding hydrogens is 326 g/mol. The highest BCUT2D eigenvalue weighted by atomic mass is 32.1. The molecule has 0 N–H and O–H groups in total. The molecule has 2 aromatic rings. The van der Waals surface area contributed by atoms with E-state index in [9.17, 15) is 4.79 Å². The molecule has 0 radical (unpaired) electrons. The maximum absolute atomic E-state index is 12.7. The summed E-state index contributed by atoms with van der Waals surface area (Å²) in [5.41, 5.74) is 1.03. The molecule has 0 saturated carbocycles. The second-order valence-corrected chi connectivity index (χ2v) is 9.08. The number of likely N-dealkylation sites (tertiary alicyclic amines) is 2. The van der Waals surface area contributed by atoms with Crippen LogP contribution in [0.2, 0.25) is 0 Å². The van der Waals surface area contributed by atoms with Gasteiger partial charge in [0.05, 0.1) is 23.2 Å². The fraction of sp³-hybridized carbons (Fsp3) is 0.529. The third-order valence-electron chi connectivity index (χ3n) is 4.80. The first-order valence-corrected chi connectivity index (χ1v) is 9.75. The van der Waals surface area contributed by atoms with E-state index in [0.717, 1.165) is 36.9 Å². The van der Waals surface area contributed by atoms with Crippen LogP contribution in [0.1, 0.15) is 20.5 Å². The monoisotopic (exact) mass is 347 g/mol.